The molecule has 1 unspecified atom stereocenters. The zero-order valence-electron chi connectivity index (χ0n) is 17.4. The van der Waals surface area contributed by atoms with E-state index in [1.54, 1.807) is 25.3 Å². The highest BCUT2D eigenvalue weighted by Crippen LogP contribution is 2.41. The molecule has 154 valence electrons. The molecule has 0 heterocycles. The van der Waals surface area contributed by atoms with Crippen LogP contribution in [-0.4, -0.2) is 18.0 Å². The fourth-order valence-electron chi connectivity index (χ4n) is 3.88. The Morgan fingerprint density at radius 3 is 2.35 bits per heavy atom. The number of carbonyl (C=O) groups excluding carboxylic acids is 1. The summed E-state index contributed by atoms with van der Waals surface area (Å²) in [4.78, 5) is 12.8. The molecule has 0 bridgehead atoms. The molecule has 3 nitrogen and oxygen atoms in total. The van der Waals surface area contributed by atoms with Crippen LogP contribution in [0, 0.1) is 0 Å². The Bertz CT molecular complexity index is 1140. The minimum atomic E-state index is -0.498. The minimum Gasteiger partial charge on any atom is -0.508 e. The van der Waals surface area contributed by atoms with E-state index >= 15 is 0 Å². The number of benzene rings is 3. The topological polar surface area (TPSA) is 46.5 Å². The van der Waals surface area contributed by atoms with Crippen LogP contribution in [0.1, 0.15) is 27.9 Å². The zero-order chi connectivity index (χ0) is 21.7. The number of phenolic OH excluding ortho intramolecular Hbond substituents is 1. The van der Waals surface area contributed by atoms with Crippen molar-refractivity contribution in [2.24, 2.45) is 0 Å². The van der Waals surface area contributed by atoms with Crippen LogP contribution >= 0.6 is 0 Å². The number of methoxy groups -OCH3 is 1. The number of aromatic hydroxyl groups is 1. The molecule has 4 rings (SSSR count). The Morgan fingerprint density at radius 2 is 1.68 bits per heavy atom. The molecule has 31 heavy (non-hydrogen) atoms. The Kier molecular flexibility index (Phi) is 5.85. The number of hydrogen-bond acceptors (Lipinski definition) is 3. The van der Waals surface area contributed by atoms with E-state index in [9.17, 15) is 9.90 Å². The molecule has 0 aromatic heterocycles. The van der Waals surface area contributed by atoms with Gasteiger partial charge in [-0.1, -0.05) is 78.9 Å². The maximum atomic E-state index is 12.8. The van der Waals surface area contributed by atoms with Crippen LogP contribution in [0.4, 0.5) is 0 Å². The van der Waals surface area contributed by atoms with Crippen molar-refractivity contribution in [3.63, 3.8) is 0 Å². The van der Waals surface area contributed by atoms with Gasteiger partial charge in [-0.05, 0) is 53.5 Å². The van der Waals surface area contributed by atoms with Crippen molar-refractivity contribution < 1.29 is 14.6 Å². The maximum Gasteiger partial charge on any atom is 0.185 e. The molecule has 0 saturated heterocycles. The molecular formula is C28H24O3. The number of hydrogen-bond donors (Lipinski definition) is 1. The molecule has 0 aliphatic heterocycles. The first kappa shape index (κ1) is 20.4. The Hall–Kier alpha value is -3.85. The van der Waals surface area contributed by atoms with Crippen LogP contribution in [-0.2, 0) is 5.41 Å². The third kappa shape index (κ3) is 4.51. The quantitative estimate of drug-likeness (QED) is 0.395. The molecule has 1 atom stereocenters. The van der Waals surface area contributed by atoms with Crippen molar-refractivity contribution in [3.05, 3.63) is 126 Å². The lowest BCUT2D eigenvalue weighted by Crippen LogP contribution is -2.23. The summed E-state index contributed by atoms with van der Waals surface area (Å²) in [5.74, 6) is 0.996. The van der Waals surface area contributed by atoms with Gasteiger partial charge in [-0.2, -0.15) is 0 Å². The molecule has 1 aliphatic carbocycles. The molecule has 1 N–H and O–H groups in total. The van der Waals surface area contributed by atoms with Crippen molar-refractivity contribution in [3.8, 4) is 11.5 Å². The predicted molar refractivity (Wildman–Crippen MR) is 124 cm³/mol. The average Bonchev–Trinajstić information content (AvgIpc) is 2.83. The number of carbonyl (C=O) groups is 1. The first-order valence-corrected chi connectivity index (χ1v) is 10.2. The van der Waals surface area contributed by atoms with E-state index in [-0.39, 0.29) is 11.5 Å². The summed E-state index contributed by atoms with van der Waals surface area (Å²) in [6.07, 6.45) is 10.6. The standard InChI is InChI=1S/C28H24O3/c1-31-26-15-9-21(10-16-26)23-8-5-18-28(20-23,24-11-13-25(29)14-12-24)19-17-27(30)22-6-3-2-4-7-22/h2-19,29H,20H2,1H3. The molecule has 0 radical (unpaired) electrons. The number of allylic oxidation sites excluding steroid dienone is 6. The summed E-state index contributed by atoms with van der Waals surface area (Å²) in [7, 11) is 1.65. The van der Waals surface area contributed by atoms with Gasteiger partial charge in [0.1, 0.15) is 11.5 Å². The van der Waals surface area contributed by atoms with E-state index in [4.69, 9.17) is 4.74 Å². The highest BCUT2D eigenvalue weighted by Gasteiger charge is 2.30. The van der Waals surface area contributed by atoms with Crippen LogP contribution < -0.4 is 4.74 Å². The van der Waals surface area contributed by atoms with Crippen molar-refractivity contribution in [1.29, 1.82) is 0 Å². The van der Waals surface area contributed by atoms with Crippen molar-refractivity contribution >= 4 is 11.4 Å². The minimum absolute atomic E-state index is 0.0345. The largest absolute Gasteiger partial charge is 0.508 e. The number of ether oxygens (including phenoxy) is 1. The summed E-state index contributed by atoms with van der Waals surface area (Å²) in [5.41, 5.74) is 3.44. The molecule has 0 saturated carbocycles. The lowest BCUT2D eigenvalue weighted by Gasteiger charge is -2.32. The first-order chi connectivity index (χ1) is 15.1. The predicted octanol–water partition coefficient (Wildman–Crippen LogP) is 6.12. The fourth-order valence-corrected chi connectivity index (χ4v) is 3.88. The molecular weight excluding hydrogens is 384 g/mol. The summed E-state index contributed by atoms with van der Waals surface area (Å²) < 4.78 is 5.28. The Morgan fingerprint density at radius 1 is 0.968 bits per heavy atom. The lowest BCUT2D eigenvalue weighted by molar-refractivity contribution is 0.104. The first-order valence-electron chi connectivity index (χ1n) is 10.2. The van der Waals surface area contributed by atoms with E-state index < -0.39 is 5.41 Å². The normalized spacial score (nSPS) is 18.0. The average molecular weight is 408 g/mol. The molecule has 3 heteroatoms. The van der Waals surface area contributed by atoms with Crippen LogP contribution in [0.25, 0.3) is 5.57 Å². The SMILES string of the molecule is COc1ccc(C2=CC=CC(C=CC(=O)c3ccccc3)(c3ccc(O)cc3)C2)cc1. The second kappa shape index (κ2) is 8.88. The van der Waals surface area contributed by atoms with E-state index in [1.807, 2.05) is 78.9 Å². The molecule has 3 aromatic carbocycles. The van der Waals surface area contributed by atoms with Crippen molar-refractivity contribution in [1.82, 2.24) is 0 Å². The van der Waals surface area contributed by atoms with Gasteiger partial charge in [0.2, 0.25) is 0 Å². The molecule has 0 spiro atoms. The Labute approximate surface area is 182 Å². The monoisotopic (exact) mass is 408 g/mol. The summed E-state index contributed by atoms with van der Waals surface area (Å²) >= 11 is 0. The van der Waals surface area contributed by atoms with E-state index in [0.29, 0.717) is 12.0 Å². The van der Waals surface area contributed by atoms with Gasteiger partial charge in [-0.25, -0.2) is 0 Å². The molecule has 1 aliphatic rings. The van der Waals surface area contributed by atoms with E-state index in [0.717, 1.165) is 22.4 Å². The van der Waals surface area contributed by atoms with E-state index in [1.165, 1.54) is 0 Å². The van der Waals surface area contributed by atoms with Gasteiger partial charge in [-0.3, -0.25) is 4.79 Å². The van der Waals surface area contributed by atoms with Gasteiger partial charge in [-0.15, -0.1) is 0 Å². The van der Waals surface area contributed by atoms with Crippen LogP contribution in [0.3, 0.4) is 0 Å². The van der Waals surface area contributed by atoms with Crippen molar-refractivity contribution in [2.75, 3.05) is 7.11 Å². The summed E-state index contributed by atoms with van der Waals surface area (Å²) in [5, 5.41) is 9.77. The third-order valence-corrected chi connectivity index (χ3v) is 5.63. The highest BCUT2D eigenvalue weighted by atomic mass is 16.5. The van der Waals surface area contributed by atoms with Gasteiger partial charge < -0.3 is 9.84 Å². The van der Waals surface area contributed by atoms with Gasteiger partial charge in [0.25, 0.3) is 0 Å². The second-order valence-corrected chi connectivity index (χ2v) is 7.61. The summed E-state index contributed by atoms with van der Waals surface area (Å²) in [6.45, 7) is 0. The zero-order valence-corrected chi connectivity index (χ0v) is 17.4. The summed E-state index contributed by atoms with van der Waals surface area (Å²) in [6, 6.07) is 24.4. The molecule has 0 amide bonds. The number of rotatable bonds is 6. The highest BCUT2D eigenvalue weighted by molar-refractivity contribution is 6.04. The Balaban J connectivity index is 1.70. The van der Waals surface area contributed by atoms with Crippen LogP contribution in [0.2, 0.25) is 0 Å². The number of phenols is 1. The van der Waals surface area contributed by atoms with Gasteiger partial charge in [0, 0.05) is 11.0 Å². The van der Waals surface area contributed by atoms with E-state index in [2.05, 4.69) is 12.2 Å². The smallest absolute Gasteiger partial charge is 0.185 e. The van der Waals surface area contributed by atoms with Gasteiger partial charge in [0.05, 0.1) is 7.11 Å². The molecule has 3 aromatic rings. The fraction of sp³-hybridized carbons (Fsp3) is 0.107. The van der Waals surface area contributed by atoms with Gasteiger partial charge >= 0.3 is 0 Å². The van der Waals surface area contributed by atoms with Crippen LogP contribution in [0.5, 0.6) is 11.5 Å². The third-order valence-electron chi connectivity index (χ3n) is 5.63. The van der Waals surface area contributed by atoms with Crippen LogP contribution in [0.15, 0.2) is 109 Å². The maximum absolute atomic E-state index is 12.8. The lowest BCUT2D eigenvalue weighted by atomic mass is 9.71. The van der Waals surface area contributed by atoms with Gasteiger partial charge in [0.15, 0.2) is 5.78 Å². The number of ketones is 1. The second-order valence-electron chi connectivity index (χ2n) is 7.61. The molecule has 0 fully saturated rings. The van der Waals surface area contributed by atoms with Crippen molar-refractivity contribution in [2.45, 2.75) is 11.8 Å².